The molecule has 0 unspecified atom stereocenters. The zero-order chi connectivity index (χ0) is 24.1. The standard InChI is InChI=1S/C31H33NOP.BrH/c1-23(2)31(32-30-25(4)21-24(3)22-26(30)5)33-34(27-15-9-6-10-16-27,28-17-11-7-12-18-28)29-19-13-8-14-20-29;/h6-23H,1-5H3;1H/q+1;/p-1. The van der Waals surface area contributed by atoms with Crippen molar-refractivity contribution in [2.45, 2.75) is 34.6 Å². The maximum absolute atomic E-state index is 7.26. The van der Waals surface area contributed by atoms with E-state index in [2.05, 4.69) is 138 Å². The van der Waals surface area contributed by atoms with Crippen molar-refractivity contribution in [2.24, 2.45) is 10.9 Å². The average Bonchev–Trinajstić information content (AvgIpc) is 2.85. The van der Waals surface area contributed by atoms with Gasteiger partial charge in [0.05, 0.1) is 5.69 Å². The molecule has 4 rings (SSSR count). The van der Waals surface area contributed by atoms with Crippen molar-refractivity contribution in [3.05, 3.63) is 120 Å². The van der Waals surface area contributed by atoms with Crippen LogP contribution in [0.4, 0.5) is 5.69 Å². The van der Waals surface area contributed by atoms with Gasteiger partial charge in [-0.3, -0.25) is 0 Å². The molecule has 0 amide bonds. The molecule has 0 aliphatic rings. The van der Waals surface area contributed by atoms with Crippen molar-refractivity contribution in [3.8, 4) is 0 Å². The fraction of sp³-hybridized carbons (Fsp3) is 0.194. The minimum Gasteiger partial charge on any atom is -1.00 e. The lowest BCUT2D eigenvalue weighted by Gasteiger charge is -2.27. The van der Waals surface area contributed by atoms with E-state index < -0.39 is 7.49 Å². The summed E-state index contributed by atoms with van der Waals surface area (Å²) >= 11 is 0. The molecule has 0 saturated carbocycles. The molecule has 0 atom stereocenters. The second-order valence-electron chi connectivity index (χ2n) is 9.06. The van der Waals surface area contributed by atoms with Crippen molar-refractivity contribution >= 4 is 35.0 Å². The normalized spacial score (nSPS) is 11.8. The number of rotatable bonds is 6. The van der Waals surface area contributed by atoms with E-state index >= 15 is 0 Å². The summed E-state index contributed by atoms with van der Waals surface area (Å²) in [5.41, 5.74) is 4.59. The summed E-state index contributed by atoms with van der Waals surface area (Å²) in [6.07, 6.45) is 0. The second kappa shape index (κ2) is 11.8. The molecule has 0 radical (unpaired) electrons. The molecule has 4 heteroatoms. The van der Waals surface area contributed by atoms with Gasteiger partial charge in [0.2, 0.25) is 5.90 Å². The predicted octanol–water partition coefficient (Wildman–Crippen LogP) is 4.23. The van der Waals surface area contributed by atoms with Gasteiger partial charge in [0.25, 0.3) is 7.49 Å². The number of aryl methyl sites for hydroxylation is 3. The Kier molecular flexibility index (Phi) is 9.05. The summed E-state index contributed by atoms with van der Waals surface area (Å²) < 4.78 is 7.26. The molecular weight excluding hydrogens is 513 g/mol. The van der Waals surface area contributed by atoms with E-state index in [9.17, 15) is 0 Å². The molecule has 0 fully saturated rings. The molecule has 0 spiro atoms. The minimum absolute atomic E-state index is 0. The van der Waals surface area contributed by atoms with Gasteiger partial charge in [-0.25, -0.2) is 4.99 Å². The summed E-state index contributed by atoms with van der Waals surface area (Å²) in [4.78, 5) is 5.18. The third-order valence-electron chi connectivity index (χ3n) is 5.94. The Labute approximate surface area is 221 Å². The van der Waals surface area contributed by atoms with Gasteiger partial charge < -0.3 is 21.5 Å². The van der Waals surface area contributed by atoms with Gasteiger partial charge in [-0.1, -0.05) is 86.1 Å². The molecule has 4 aromatic carbocycles. The minimum atomic E-state index is -2.47. The third-order valence-corrected chi connectivity index (χ3v) is 9.48. The van der Waals surface area contributed by atoms with Crippen LogP contribution in [0.5, 0.6) is 0 Å². The van der Waals surface area contributed by atoms with Gasteiger partial charge in [-0.05, 0) is 68.3 Å². The summed E-state index contributed by atoms with van der Waals surface area (Å²) in [5.74, 6) is 0.885. The molecule has 0 aliphatic heterocycles. The van der Waals surface area contributed by atoms with Gasteiger partial charge in [0, 0.05) is 5.92 Å². The molecule has 2 nitrogen and oxygen atoms in total. The first-order valence-electron chi connectivity index (χ1n) is 11.8. The van der Waals surface area contributed by atoms with Crippen LogP contribution >= 0.6 is 7.49 Å². The lowest BCUT2D eigenvalue weighted by molar-refractivity contribution is -0.00000768. The molecule has 0 aliphatic carbocycles. The van der Waals surface area contributed by atoms with E-state index in [4.69, 9.17) is 9.52 Å². The van der Waals surface area contributed by atoms with Gasteiger partial charge in [-0.15, -0.1) is 0 Å². The first kappa shape index (κ1) is 26.9. The van der Waals surface area contributed by atoms with Crippen molar-refractivity contribution < 1.29 is 21.5 Å². The van der Waals surface area contributed by atoms with Gasteiger partial charge in [-0.2, -0.15) is 0 Å². The Morgan fingerprint density at radius 2 is 1.03 bits per heavy atom. The Morgan fingerprint density at radius 3 is 1.37 bits per heavy atom. The largest absolute Gasteiger partial charge is 1.00 e. The highest BCUT2D eigenvalue weighted by atomic mass is 79.9. The lowest BCUT2D eigenvalue weighted by atomic mass is 10.1. The van der Waals surface area contributed by atoms with Crippen molar-refractivity contribution in [3.63, 3.8) is 0 Å². The zero-order valence-corrected chi connectivity index (χ0v) is 23.6. The maximum atomic E-state index is 7.26. The first-order valence-corrected chi connectivity index (χ1v) is 13.5. The van der Waals surface area contributed by atoms with Gasteiger partial charge in [0.15, 0.2) is 0 Å². The zero-order valence-electron chi connectivity index (χ0n) is 21.1. The van der Waals surface area contributed by atoms with Crippen molar-refractivity contribution in [1.29, 1.82) is 0 Å². The second-order valence-corrected chi connectivity index (χ2v) is 12.0. The van der Waals surface area contributed by atoms with Crippen LogP contribution in [-0.2, 0) is 4.52 Å². The molecule has 0 heterocycles. The Balaban J connectivity index is 0.00000342. The molecule has 35 heavy (non-hydrogen) atoms. The Morgan fingerprint density at radius 1 is 0.657 bits per heavy atom. The number of nitrogens with zero attached hydrogens (tertiary/aromatic N) is 1. The quantitative estimate of drug-likeness (QED) is 0.202. The van der Waals surface area contributed by atoms with Crippen LogP contribution in [0.1, 0.15) is 30.5 Å². The third kappa shape index (κ3) is 5.74. The fourth-order valence-electron chi connectivity index (χ4n) is 4.37. The molecule has 0 aromatic heterocycles. The van der Waals surface area contributed by atoms with E-state index in [-0.39, 0.29) is 22.9 Å². The number of halogens is 1. The summed E-state index contributed by atoms with van der Waals surface area (Å²) in [7, 11) is -2.47. The average molecular weight is 546 g/mol. The van der Waals surface area contributed by atoms with Crippen LogP contribution < -0.4 is 32.9 Å². The molecule has 4 aromatic rings. The van der Waals surface area contributed by atoms with Gasteiger partial charge >= 0.3 is 0 Å². The van der Waals surface area contributed by atoms with Crippen LogP contribution in [0.2, 0.25) is 0 Å². The van der Waals surface area contributed by atoms with Crippen LogP contribution in [0.15, 0.2) is 108 Å². The van der Waals surface area contributed by atoms with Crippen LogP contribution in [0.25, 0.3) is 0 Å². The van der Waals surface area contributed by atoms with E-state index in [1.54, 1.807) is 0 Å². The fourth-order valence-corrected chi connectivity index (χ4v) is 7.89. The van der Waals surface area contributed by atoms with Crippen molar-refractivity contribution in [1.82, 2.24) is 0 Å². The maximum Gasteiger partial charge on any atom is 0.289 e. The van der Waals surface area contributed by atoms with Crippen LogP contribution in [-0.4, -0.2) is 5.90 Å². The Hall–Kier alpha value is -2.74. The van der Waals surface area contributed by atoms with Gasteiger partial charge in [0.1, 0.15) is 15.9 Å². The number of hydrogen-bond donors (Lipinski definition) is 0. The molecule has 180 valence electrons. The summed E-state index contributed by atoms with van der Waals surface area (Å²) in [6.45, 7) is 10.7. The predicted molar refractivity (Wildman–Crippen MR) is 149 cm³/mol. The number of aliphatic imine (C=N–C) groups is 1. The van der Waals surface area contributed by atoms with E-state index in [1.165, 1.54) is 32.6 Å². The molecule has 0 N–H and O–H groups in total. The number of hydrogen-bond acceptors (Lipinski definition) is 2. The van der Waals surface area contributed by atoms with E-state index in [0.29, 0.717) is 0 Å². The highest BCUT2D eigenvalue weighted by Crippen LogP contribution is 2.57. The number of benzene rings is 4. The lowest BCUT2D eigenvalue weighted by Crippen LogP contribution is -3.00. The molecule has 0 bridgehead atoms. The summed E-state index contributed by atoms with van der Waals surface area (Å²) in [6, 6.07) is 36.3. The smallest absolute Gasteiger partial charge is 0.289 e. The topological polar surface area (TPSA) is 21.6 Å². The highest BCUT2D eigenvalue weighted by Gasteiger charge is 2.50. The Bertz CT molecular complexity index is 1150. The SMILES string of the molecule is Cc1cc(C)c(N=C(O[P+](c2ccccc2)(c2ccccc2)c2ccccc2)C(C)C)c(C)c1.[Br-]. The monoisotopic (exact) mass is 545 g/mol. The van der Waals surface area contributed by atoms with E-state index in [1.807, 2.05) is 0 Å². The molecular formula is C31H33BrNOP. The highest BCUT2D eigenvalue weighted by molar-refractivity contribution is 7.92. The van der Waals surface area contributed by atoms with Crippen LogP contribution in [0, 0.1) is 26.7 Å². The van der Waals surface area contributed by atoms with Crippen LogP contribution in [0.3, 0.4) is 0 Å². The summed E-state index contributed by atoms with van der Waals surface area (Å²) in [5, 5.41) is 3.54. The van der Waals surface area contributed by atoms with Crippen molar-refractivity contribution in [2.75, 3.05) is 0 Å². The van der Waals surface area contributed by atoms with E-state index in [0.717, 1.165) is 11.6 Å². The first-order chi connectivity index (χ1) is 16.4. The molecule has 0 saturated heterocycles.